The first-order valence-corrected chi connectivity index (χ1v) is 15.5. The number of hydrogen-bond acceptors (Lipinski definition) is 7. The Labute approximate surface area is 254 Å². The van der Waals surface area contributed by atoms with Crippen LogP contribution in [0.5, 0.6) is 0 Å². The number of thioether (sulfide) groups is 1. The van der Waals surface area contributed by atoms with Gasteiger partial charge in [-0.1, -0.05) is 72.0 Å². The van der Waals surface area contributed by atoms with Crippen molar-refractivity contribution in [1.82, 2.24) is 29.7 Å². The number of hydrogen-bond donors (Lipinski definition) is 1. The van der Waals surface area contributed by atoms with Gasteiger partial charge in [0, 0.05) is 37.5 Å². The molecule has 5 heterocycles. The molecule has 2 saturated heterocycles. The van der Waals surface area contributed by atoms with E-state index < -0.39 is 27.4 Å². The molecule has 10 nitrogen and oxygen atoms in total. The first kappa shape index (κ1) is 27.8. The van der Waals surface area contributed by atoms with Crippen molar-refractivity contribution in [3.8, 4) is 0 Å². The summed E-state index contributed by atoms with van der Waals surface area (Å²) in [6, 6.07) is 16.6. The topological polar surface area (TPSA) is 112 Å². The Morgan fingerprint density at radius 3 is 2.47 bits per heavy atom. The molecule has 0 bridgehead atoms. The second kappa shape index (κ2) is 10.6. The van der Waals surface area contributed by atoms with Gasteiger partial charge in [-0.05, 0) is 31.0 Å². The minimum Gasteiger partial charge on any atom is -0.396 e. The van der Waals surface area contributed by atoms with E-state index in [0.717, 1.165) is 16.6 Å². The third-order valence-electron chi connectivity index (χ3n) is 9.22. The van der Waals surface area contributed by atoms with Gasteiger partial charge in [0.05, 0.1) is 22.1 Å². The lowest BCUT2D eigenvalue weighted by atomic mass is 9.74. The zero-order valence-corrected chi connectivity index (χ0v) is 24.8. The smallest absolute Gasteiger partial charge is 0.248 e. The molecule has 1 unspecified atom stereocenters. The molecule has 3 aromatic rings. The quantitative estimate of drug-likeness (QED) is 0.416. The van der Waals surface area contributed by atoms with Crippen LogP contribution in [0.15, 0.2) is 78.9 Å². The first-order chi connectivity index (χ1) is 20.9. The predicted molar refractivity (Wildman–Crippen MR) is 162 cm³/mol. The van der Waals surface area contributed by atoms with E-state index in [1.165, 1.54) is 0 Å². The van der Waals surface area contributed by atoms with Crippen LogP contribution in [0.3, 0.4) is 0 Å². The third-order valence-corrected chi connectivity index (χ3v) is 11.0. The number of carbonyl (C=O) groups is 3. The minimum absolute atomic E-state index is 0.0714. The summed E-state index contributed by atoms with van der Waals surface area (Å²) in [5.74, 6) is -1.82. The number of benzene rings is 2. The van der Waals surface area contributed by atoms with Gasteiger partial charge in [0.15, 0.2) is 0 Å². The van der Waals surface area contributed by atoms with Crippen LogP contribution >= 0.6 is 11.8 Å². The van der Waals surface area contributed by atoms with Crippen LogP contribution in [0.1, 0.15) is 18.9 Å². The molecule has 1 aromatic heterocycles. The van der Waals surface area contributed by atoms with Crippen LogP contribution in [0.2, 0.25) is 0 Å². The summed E-state index contributed by atoms with van der Waals surface area (Å²) in [4.78, 5) is 48.5. The average molecular weight is 599 g/mol. The molecule has 1 N–H and O–H groups in total. The largest absolute Gasteiger partial charge is 0.396 e. The van der Waals surface area contributed by atoms with Gasteiger partial charge < -0.3 is 19.8 Å². The molecule has 43 heavy (non-hydrogen) atoms. The summed E-state index contributed by atoms with van der Waals surface area (Å²) in [6.45, 7) is 3.58. The summed E-state index contributed by atoms with van der Waals surface area (Å²) < 4.78 is 0.0934. The van der Waals surface area contributed by atoms with E-state index in [1.807, 2.05) is 84.6 Å². The average Bonchev–Trinajstić information content (AvgIpc) is 3.54. The van der Waals surface area contributed by atoms with Crippen molar-refractivity contribution < 1.29 is 19.5 Å². The summed E-state index contributed by atoms with van der Waals surface area (Å²) in [7, 11) is 0. The van der Waals surface area contributed by atoms with Crippen molar-refractivity contribution in [2.24, 2.45) is 11.8 Å². The number of rotatable bonds is 7. The Hall–Kier alpha value is -3.96. The van der Waals surface area contributed by atoms with Crippen LogP contribution in [-0.4, -0.2) is 94.3 Å². The van der Waals surface area contributed by atoms with E-state index in [9.17, 15) is 19.5 Å². The second-order valence-corrected chi connectivity index (χ2v) is 13.7. The van der Waals surface area contributed by atoms with Gasteiger partial charge in [-0.25, -0.2) is 4.68 Å². The van der Waals surface area contributed by atoms with Crippen molar-refractivity contribution in [3.63, 3.8) is 0 Å². The van der Waals surface area contributed by atoms with E-state index in [0.29, 0.717) is 26.1 Å². The summed E-state index contributed by atoms with van der Waals surface area (Å²) >= 11 is 1.57. The Morgan fingerprint density at radius 1 is 0.907 bits per heavy atom. The fraction of sp³-hybridized carbons (Fsp3) is 0.406. The highest BCUT2D eigenvalue weighted by atomic mass is 32.2. The first-order valence-electron chi connectivity index (χ1n) is 14.7. The molecule has 11 heteroatoms. The molecular formula is C32H34N6O4S. The molecule has 0 aliphatic carbocycles. The normalized spacial score (nSPS) is 30.0. The highest BCUT2D eigenvalue weighted by molar-refractivity contribution is 8.02. The molecule has 2 fully saturated rings. The number of aromatic nitrogens is 3. The third kappa shape index (κ3) is 4.39. The van der Waals surface area contributed by atoms with Gasteiger partial charge >= 0.3 is 0 Å². The molecule has 1 spiro atoms. The maximum Gasteiger partial charge on any atom is 0.248 e. The standard InChI is InChI=1S/C32H34N6O4S/c1-31-14-7-16-35(20-22-10-3-2-4-11-22)28(40)25(31)26-29(41)37(18-9-19-39)27-30(42)36(17-8-15-32(26,27)43-31)21-38-24-13-6-5-12-23(24)33-34-38/h2-8,10-15,25-27,39H,9,16-21H2,1H3/t25-,26-,27?,31+,32-/m0/s1. The maximum atomic E-state index is 14.6. The van der Waals surface area contributed by atoms with E-state index in [2.05, 4.69) is 16.4 Å². The van der Waals surface area contributed by atoms with Gasteiger partial charge in [0.25, 0.3) is 0 Å². The van der Waals surface area contributed by atoms with Gasteiger partial charge in [0.1, 0.15) is 18.2 Å². The molecule has 3 amide bonds. The highest BCUT2D eigenvalue weighted by Gasteiger charge is 2.73. The molecule has 5 atom stereocenters. The van der Waals surface area contributed by atoms with Crippen LogP contribution in [0.25, 0.3) is 11.0 Å². The fourth-order valence-corrected chi connectivity index (χ4v) is 9.51. The molecule has 0 radical (unpaired) electrons. The van der Waals surface area contributed by atoms with Gasteiger partial charge in [-0.15, -0.1) is 16.9 Å². The Balaban J connectivity index is 1.26. The fourth-order valence-electron chi connectivity index (χ4n) is 7.36. The highest BCUT2D eigenvalue weighted by Crippen LogP contribution is 2.65. The van der Waals surface area contributed by atoms with Crippen molar-refractivity contribution in [1.29, 1.82) is 0 Å². The van der Waals surface area contributed by atoms with Crippen LogP contribution in [0, 0.1) is 11.8 Å². The number of para-hydroxylation sites is 1. The number of aliphatic hydroxyl groups excluding tert-OH is 1. The minimum atomic E-state index is -0.933. The van der Waals surface area contributed by atoms with Gasteiger partial charge in [-0.3, -0.25) is 14.4 Å². The summed E-state index contributed by atoms with van der Waals surface area (Å²) in [5.41, 5.74) is 2.58. The number of aliphatic hydroxyl groups is 1. The molecule has 4 aliphatic rings. The van der Waals surface area contributed by atoms with Crippen molar-refractivity contribution in [3.05, 3.63) is 84.5 Å². The lowest BCUT2D eigenvalue weighted by Crippen LogP contribution is -2.53. The van der Waals surface area contributed by atoms with Crippen molar-refractivity contribution >= 4 is 40.5 Å². The molecule has 7 rings (SSSR count). The van der Waals surface area contributed by atoms with E-state index in [4.69, 9.17) is 0 Å². The zero-order valence-electron chi connectivity index (χ0n) is 24.0. The Kier molecular flexibility index (Phi) is 6.89. The Bertz CT molecular complexity index is 1640. The number of nitrogens with zero attached hydrogens (tertiary/aromatic N) is 6. The van der Waals surface area contributed by atoms with E-state index in [1.54, 1.807) is 26.2 Å². The van der Waals surface area contributed by atoms with Gasteiger partial charge in [0.2, 0.25) is 17.7 Å². The number of fused-ring (bicyclic) bond motifs is 3. The molecule has 222 valence electrons. The van der Waals surface area contributed by atoms with Crippen LogP contribution in [-0.2, 0) is 27.6 Å². The lowest BCUT2D eigenvalue weighted by molar-refractivity contribution is -0.145. The SMILES string of the molecule is C[C@@]12C=CCN(Cc3ccccc3)C(=O)[C@@H]1[C@H]1C(=O)N(CCCO)C3C(=O)N(Cn4nnc5ccccc54)CC=C[C@@]31S2. The van der Waals surface area contributed by atoms with E-state index in [-0.39, 0.29) is 37.5 Å². The molecular weight excluding hydrogens is 564 g/mol. The van der Waals surface area contributed by atoms with E-state index >= 15 is 0 Å². The Morgan fingerprint density at radius 2 is 1.65 bits per heavy atom. The lowest BCUT2D eigenvalue weighted by Gasteiger charge is -2.36. The van der Waals surface area contributed by atoms with Gasteiger partial charge in [-0.2, -0.15) is 0 Å². The summed E-state index contributed by atoms with van der Waals surface area (Å²) in [5, 5.41) is 18.2. The molecule has 2 aromatic carbocycles. The van der Waals surface area contributed by atoms with Crippen LogP contribution < -0.4 is 0 Å². The van der Waals surface area contributed by atoms with Crippen molar-refractivity contribution in [2.45, 2.75) is 42.1 Å². The summed E-state index contributed by atoms with van der Waals surface area (Å²) in [6.07, 6.45) is 8.42. The van der Waals surface area contributed by atoms with Crippen LogP contribution in [0.4, 0.5) is 0 Å². The van der Waals surface area contributed by atoms with Crippen molar-refractivity contribution in [2.75, 3.05) is 26.2 Å². The molecule has 4 aliphatic heterocycles. The number of amides is 3. The predicted octanol–water partition coefficient (Wildman–Crippen LogP) is 2.46. The maximum absolute atomic E-state index is 14.6. The zero-order chi connectivity index (χ0) is 29.8. The second-order valence-electron chi connectivity index (χ2n) is 11.9. The monoisotopic (exact) mass is 598 g/mol. The number of carbonyl (C=O) groups excluding carboxylic acids is 3. The molecule has 0 saturated carbocycles. The number of likely N-dealkylation sites (tertiary alicyclic amines) is 1.